The molecular formula is C19H36N2O3. The summed E-state index contributed by atoms with van der Waals surface area (Å²) in [4.78, 5) is 23.9. The summed E-state index contributed by atoms with van der Waals surface area (Å²) in [6, 6.07) is 0.136. The number of unbranched alkanes of at least 4 members (excludes halogenated alkanes) is 2. The van der Waals surface area contributed by atoms with E-state index in [1.165, 1.54) is 44.9 Å². The Hall–Kier alpha value is -1.10. The van der Waals surface area contributed by atoms with E-state index in [9.17, 15) is 9.59 Å². The van der Waals surface area contributed by atoms with Crippen LogP contribution in [0.5, 0.6) is 0 Å². The van der Waals surface area contributed by atoms with Crippen LogP contribution in [-0.2, 0) is 9.59 Å². The van der Waals surface area contributed by atoms with Crippen molar-refractivity contribution in [3.05, 3.63) is 0 Å². The van der Waals surface area contributed by atoms with Crippen molar-refractivity contribution >= 4 is 11.8 Å². The first-order valence-corrected chi connectivity index (χ1v) is 9.93. The number of hydrogen-bond acceptors (Lipinski definition) is 3. The molecule has 5 nitrogen and oxygen atoms in total. The molecule has 5 heteroatoms. The zero-order valence-electron chi connectivity index (χ0n) is 15.2. The zero-order chi connectivity index (χ0) is 17.5. The Kier molecular flexibility index (Phi) is 12.4. The average Bonchev–Trinajstić information content (AvgIpc) is 2.56. The fraction of sp³-hybridized carbons (Fsp3) is 0.895. The number of rotatable bonds is 6. The quantitative estimate of drug-likeness (QED) is 0.514. The Morgan fingerprint density at radius 2 is 1.29 bits per heavy atom. The Morgan fingerprint density at radius 3 is 1.83 bits per heavy atom. The minimum atomic E-state index is -0.523. The van der Waals surface area contributed by atoms with Crippen LogP contribution >= 0.6 is 0 Å². The molecule has 1 saturated carbocycles. The van der Waals surface area contributed by atoms with Crippen LogP contribution in [0, 0.1) is 0 Å². The maximum atomic E-state index is 12.0. The molecule has 1 fully saturated rings. The van der Waals surface area contributed by atoms with E-state index < -0.39 is 11.8 Å². The van der Waals surface area contributed by atoms with Gasteiger partial charge < -0.3 is 15.7 Å². The summed E-state index contributed by atoms with van der Waals surface area (Å²) < 4.78 is 0. The second kappa shape index (κ2) is 14.3. The molecule has 0 atom stereocenters. The molecule has 0 radical (unpaired) electrons. The first kappa shape index (κ1) is 20.9. The highest BCUT2D eigenvalue weighted by Crippen LogP contribution is 2.16. The van der Waals surface area contributed by atoms with Gasteiger partial charge in [-0.2, -0.15) is 0 Å². The lowest BCUT2D eigenvalue weighted by atomic mass is 9.98. The largest absolute Gasteiger partial charge is 0.396 e. The van der Waals surface area contributed by atoms with Gasteiger partial charge in [0.25, 0.3) is 0 Å². The molecule has 0 aromatic rings. The molecule has 1 aliphatic rings. The first-order chi connectivity index (χ1) is 11.7. The van der Waals surface area contributed by atoms with Gasteiger partial charge in [0.2, 0.25) is 0 Å². The van der Waals surface area contributed by atoms with Gasteiger partial charge in [0.1, 0.15) is 0 Å². The molecule has 0 aliphatic heterocycles. The van der Waals surface area contributed by atoms with Crippen LogP contribution in [0.1, 0.15) is 89.9 Å². The van der Waals surface area contributed by atoms with Gasteiger partial charge in [0, 0.05) is 19.2 Å². The molecule has 0 spiro atoms. The first-order valence-electron chi connectivity index (χ1n) is 9.93. The van der Waals surface area contributed by atoms with E-state index >= 15 is 0 Å². The Morgan fingerprint density at radius 1 is 0.750 bits per heavy atom. The van der Waals surface area contributed by atoms with Gasteiger partial charge in [-0.25, -0.2) is 0 Å². The number of hydrogen-bond donors (Lipinski definition) is 3. The lowest BCUT2D eigenvalue weighted by molar-refractivity contribution is -0.139. The van der Waals surface area contributed by atoms with Crippen molar-refractivity contribution in [2.45, 2.75) is 95.9 Å². The number of carbonyl (C=O) groups excluding carboxylic acids is 2. The highest BCUT2D eigenvalue weighted by atomic mass is 16.3. The second-order valence-electron chi connectivity index (χ2n) is 6.97. The summed E-state index contributed by atoms with van der Waals surface area (Å²) in [5.41, 5.74) is 0. The minimum absolute atomic E-state index is 0.136. The van der Waals surface area contributed by atoms with Crippen LogP contribution in [0.3, 0.4) is 0 Å². The normalized spacial score (nSPS) is 18.2. The van der Waals surface area contributed by atoms with Gasteiger partial charge >= 0.3 is 11.8 Å². The van der Waals surface area contributed by atoms with Crippen molar-refractivity contribution in [2.24, 2.45) is 0 Å². The topological polar surface area (TPSA) is 78.4 Å². The van der Waals surface area contributed by atoms with Crippen LogP contribution in [0.2, 0.25) is 0 Å². The van der Waals surface area contributed by atoms with Crippen molar-refractivity contribution in [3.8, 4) is 0 Å². The van der Waals surface area contributed by atoms with E-state index in [0.717, 1.165) is 44.9 Å². The molecule has 2 amide bonds. The van der Waals surface area contributed by atoms with Crippen molar-refractivity contribution < 1.29 is 14.7 Å². The second-order valence-corrected chi connectivity index (χ2v) is 6.97. The predicted octanol–water partition coefficient (Wildman–Crippen LogP) is 3.05. The van der Waals surface area contributed by atoms with Gasteiger partial charge in [-0.05, 0) is 32.1 Å². The monoisotopic (exact) mass is 340 g/mol. The molecule has 0 heterocycles. The summed E-state index contributed by atoms with van der Waals surface area (Å²) in [6.45, 7) is 0.674. The molecule has 3 N–H and O–H groups in total. The molecule has 1 rings (SSSR count). The summed E-state index contributed by atoms with van der Waals surface area (Å²) in [7, 11) is 0. The molecule has 0 aromatic carbocycles. The van der Waals surface area contributed by atoms with Gasteiger partial charge in [0.05, 0.1) is 0 Å². The van der Waals surface area contributed by atoms with Crippen LogP contribution < -0.4 is 10.6 Å². The smallest absolute Gasteiger partial charge is 0.309 e. The fourth-order valence-corrected chi connectivity index (χ4v) is 3.25. The van der Waals surface area contributed by atoms with Crippen LogP contribution in [0.4, 0.5) is 0 Å². The van der Waals surface area contributed by atoms with E-state index in [2.05, 4.69) is 10.6 Å². The van der Waals surface area contributed by atoms with Crippen molar-refractivity contribution in [1.29, 1.82) is 0 Å². The van der Waals surface area contributed by atoms with Gasteiger partial charge in [0.15, 0.2) is 0 Å². The number of aliphatic hydroxyl groups excluding tert-OH is 1. The summed E-state index contributed by atoms with van der Waals surface area (Å²) >= 11 is 0. The van der Waals surface area contributed by atoms with Crippen molar-refractivity contribution in [1.82, 2.24) is 10.6 Å². The number of aliphatic hydroxyl groups is 1. The average molecular weight is 341 g/mol. The predicted molar refractivity (Wildman–Crippen MR) is 96.7 cm³/mol. The third kappa shape index (κ3) is 10.6. The number of amides is 2. The molecule has 0 bridgehead atoms. The Balaban J connectivity index is 2.27. The van der Waals surface area contributed by atoms with Crippen LogP contribution in [0.25, 0.3) is 0 Å². The van der Waals surface area contributed by atoms with E-state index in [0.29, 0.717) is 6.54 Å². The van der Waals surface area contributed by atoms with E-state index in [1.54, 1.807) is 0 Å². The third-order valence-electron chi connectivity index (χ3n) is 4.77. The molecule has 0 aromatic heterocycles. The van der Waals surface area contributed by atoms with Crippen LogP contribution in [0.15, 0.2) is 0 Å². The molecule has 140 valence electrons. The van der Waals surface area contributed by atoms with Crippen LogP contribution in [-0.4, -0.2) is 36.1 Å². The summed E-state index contributed by atoms with van der Waals surface area (Å²) in [5, 5.41) is 14.3. The third-order valence-corrected chi connectivity index (χ3v) is 4.77. The highest BCUT2D eigenvalue weighted by molar-refractivity contribution is 6.35. The molecular weight excluding hydrogens is 304 g/mol. The Labute approximate surface area is 147 Å². The molecule has 0 saturated heterocycles. The fourth-order valence-electron chi connectivity index (χ4n) is 3.25. The standard InChI is InChI=1S/C19H36N2O3/c22-16-12-8-11-15-20-18(23)19(24)21-17-13-9-6-4-2-1-3-5-7-10-14-17/h17,22H,1-16H2,(H,20,23)(H,21,24). The zero-order valence-corrected chi connectivity index (χ0v) is 15.2. The molecule has 1 aliphatic carbocycles. The van der Waals surface area contributed by atoms with E-state index in [4.69, 9.17) is 5.11 Å². The summed E-state index contributed by atoms with van der Waals surface area (Å²) in [6.07, 6.45) is 15.7. The van der Waals surface area contributed by atoms with Gasteiger partial charge in [-0.1, -0.05) is 57.8 Å². The lowest BCUT2D eigenvalue weighted by Gasteiger charge is -2.19. The Bertz CT molecular complexity index is 336. The van der Waals surface area contributed by atoms with Gasteiger partial charge in [-0.15, -0.1) is 0 Å². The molecule has 24 heavy (non-hydrogen) atoms. The van der Waals surface area contributed by atoms with E-state index in [-0.39, 0.29) is 12.6 Å². The molecule has 0 unspecified atom stereocenters. The maximum absolute atomic E-state index is 12.0. The SMILES string of the molecule is O=C(NCCCCCO)C(=O)NC1CCCCCCCCCCC1. The summed E-state index contributed by atoms with van der Waals surface area (Å²) in [5.74, 6) is -1.01. The number of nitrogens with one attached hydrogen (secondary N) is 2. The highest BCUT2D eigenvalue weighted by Gasteiger charge is 2.18. The minimum Gasteiger partial charge on any atom is -0.396 e. The van der Waals surface area contributed by atoms with E-state index in [1.807, 2.05) is 0 Å². The lowest BCUT2D eigenvalue weighted by Crippen LogP contribution is -2.44. The number of carbonyl (C=O) groups is 2. The van der Waals surface area contributed by atoms with Gasteiger partial charge in [-0.3, -0.25) is 9.59 Å². The van der Waals surface area contributed by atoms with Crippen molar-refractivity contribution in [3.63, 3.8) is 0 Å². The van der Waals surface area contributed by atoms with Crippen molar-refractivity contribution in [2.75, 3.05) is 13.2 Å². The maximum Gasteiger partial charge on any atom is 0.309 e.